The maximum Gasteiger partial charge on any atom is 0.0946 e. The van der Waals surface area contributed by atoms with Gasteiger partial charge < -0.3 is 15.0 Å². The summed E-state index contributed by atoms with van der Waals surface area (Å²) in [6.45, 7) is 1.44. The van der Waals surface area contributed by atoms with E-state index < -0.39 is 22.9 Å². The molecule has 0 bridgehead atoms. The molecule has 2 fully saturated rings. The number of rotatable bonds is 5. The van der Waals surface area contributed by atoms with Crippen LogP contribution in [0.1, 0.15) is 35.4 Å². The Hall–Kier alpha value is -2.66. The molecule has 5 heteroatoms. The molecule has 1 saturated heterocycles. The first-order valence-corrected chi connectivity index (χ1v) is 11.8. The van der Waals surface area contributed by atoms with Gasteiger partial charge in [0.15, 0.2) is 0 Å². The SMILES string of the molecule is O=C([O-])C12CN(Cc3ccccc3)CC1C(O)(c1ccc(Cl)cc1)CCC2c1ccccc1. The lowest BCUT2D eigenvalue weighted by atomic mass is 9.53. The van der Waals surface area contributed by atoms with Crippen LogP contribution in [-0.4, -0.2) is 29.1 Å². The van der Waals surface area contributed by atoms with Crippen molar-refractivity contribution in [3.63, 3.8) is 0 Å². The number of carbonyl (C=O) groups excluding carboxylic acids is 1. The third-order valence-corrected chi connectivity index (χ3v) is 7.99. The fraction of sp³-hybridized carbons (Fsp3) is 0.321. The van der Waals surface area contributed by atoms with Crippen molar-refractivity contribution < 1.29 is 15.0 Å². The Kier molecular flexibility index (Phi) is 5.77. The molecule has 0 amide bonds. The Morgan fingerprint density at radius 3 is 2.27 bits per heavy atom. The van der Waals surface area contributed by atoms with E-state index >= 15 is 0 Å². The quantitative estimate of drug-likeness (QED) is 0.625. The maximum atomic E-state index is 13.0. The van der Waals surface area contributed by atoms with Crippen LogP contribution in [-0.2, 0) is 16.9 Å². The van der Waals surface area contributed by atoms with Crippen LogP contribution >= 0.6 is 11.6 Å². The molecule has 1 saturated carbocycles. The van der Waals surface area contributed by atoms with Crippen LogP contribution in [0.15, 0.2) is 84.9 Å². The van der Waals surface area contributed by atoms with Gasteiger partial charge in [0.05, 0.1) is 5.60 Å². The van der Waals surface area contributed by atoms with Crippen LogP contribution in [0.25, 0.3) is 0 Å². The van der Waals surface area contributed by atoms with Crippen LogP contribution in [0.5, 0.6) is 0 Å². The number of likely N-dealkylation sites (tertiary alicyclic amines) is 1. The highest BCUT2D eigenvalue weighted by Crippen LogP contribution is 2.60. The molecule has 5 rings (SSSR count). The molecule has 4 atom stereocenters. The van der Waals surface area contributed by atoms with Crippen LogP contribution < -0.4 is 5.11 Å². The average molecular weight is 461 g/mol. The van der Waals surface area contributed by atoms with Crippen molar-refractivity contribution in [2.75, 3.05) is 13.1 Å². The van der Waals surface area contributed by atoms with Crippen molar-refractivity contribution >= 4 is 17.6 Å². The van der Waals surface area contributed by atoms with Gasteiger partial charge in [0.1, 0.15) is 0 Å². The summed E-state index contributed by atoms with van der Waals surface area (Å²) < 4.78 is 0. The summed E-state index contributed by atoms with van der Waals surface area (Å²) in [6.07, 6.45) is 1.04. The molecule has 1 aliphatic carbocycles. The minimum atomic E-state index is -1.28. The van der Waals surface area contributed by atoms with E-state index in [9.17, 15) is 15.0 Å². The van der Waals surface area contributed by atoms with Crippen molar-refractivity contribution in [2.45, 2.75) is 30.9 Å². The van der Waals surface area contributed by atoms with Gasteiger partial charge in [-0.1, -0.05) is 84.4 Å². The third-order valence-electron chi connectivity index (χ3n) is 7.74. The molecule has 0 spiro atoms. The number of nitrogens with zero attached hydrogens (tertiary/aromatic N) is 1. The van der Waals surface area contributed by atoms with Gasteiger partial charge in [-0.2, -0.15) is 0 Å². The zero-order valence-corrected chi connectivity index (χ0v) is 19.1. The third kappa shape index (κ3) is 3.76. The second kappa shape index (κ2) is 8.60. The van der Waals surface area contributed by atoms with Crippen LogP contribution in [0.4, 0.5) is 0 Å². The van der Waals surface area contributed by atoms with Gasteiger partial charge in [-0.05, 0) is 47.6 Å². The number of aliphatic hydroxyl groups is 1. The van der Waals surface area contributed by atoms with Crippen molar-refractivity contribution in [1.82, 2.24) is 4.90 Å². The van der Waals surface area contributed by atoms with Crippen LogP contribution in [0, 0.1) is 11.3 Å². The van der Waals surface area contributed by atoms with Gasteiger partial charge in [0, 0.05) is 42.0 Å². The molecule has 1 aliphatic heterocycles. The van der Waals surface area contributed by atoms with Crippen molar-refractivity contribution in [3.8, 4) is 0 Å². The topological polar surface area (TPSA) is 63.6 Å². The normalized spacial score (nSPS) is 29.5. The first-order chi connectivity index (χ1) is 15.9. The minimum Gasteiger partial charge on any atom is -0.549 e. The summed E-state index contributed by atoms with van der Waals surface area (Å²) in [5, 5.41) is 25.7. The number of carboxylic acid groups (broad SMARTS) is 1. The second-order valence-electron chi connectivity index (χ2n) is 9.47. The number of hydrogen-bond acceptors (Lipinski definition) is 4. The average Bonchev–Trinajstić information content (AvgIpc) is 3.22. The first-order valence-electron chi connectivity index (χ1n) is 11.4. The molecule has 1 N–H and O–H groups in total. The molecule has 4 unspecified atom stereocenters. The number of benzene rings is 3. The Morgan fingerprint density at radius 1 is 1.00 bits per heavy atom. The summed E-state index contributed by atoms with van der Waals surface area (Å²) in [5.41, 5.74) is 0.349. The van der Waals surface area contributed by atoms with Crippen molar-refractivity contribution in [1.29, 1.82) is 0 Å². The highest BCUT2D eigenvalue weighted by atomic mass is 35.5. The molecular formula is C28H27ClNO3-. The van der Waals surface area contributed by atoms with E-state index in [-0.39, 0.29) is 5.92 Å². The van der Waals surface area contributed by atoms with E-state index in [1.807, 2.05) is 72.8 Å². The molecule has 4 nitrogen and oxygen atoms in total. The molecule has 170 valence electrons. The van der Waals surface area contributed by atoms with Gasteiger partial charge in [0.25, 0.3) is 0 Å². The number of hydrogen-bond donors (Lipinski definition) is 1. The summed E-state index contributed by atoms with van der Waals surface area (Å²) >= 11 is 6.11. The number of carbonyl (C=O) groups is 1. The summed E-state index contributed by atoms with van der Waals surface area (Å²) in [7, 11) is 0. The molecule has 0 radical (unpaired) electrons. The molecular weight excluding hydrogens is 434 g/mol. The lowest BCUT2D eigenvalue weighted by Crippen LogP contribution is -2.59. The van der Waals surface area contributed by atoms with E-state index in [1.54, 1.807) is 12.1 Å². The Balaban J connectivity index is 1.60. The number of fused-ring (bicyclic) bond motifs is 1. The van der Waals surface area contributed by atoms with E-state index in [1.165, 1.54) is 0 Å². The number of aliphatic carboxylic acids is 1. The monoisotopic (exact) mass is 460 g/mol. The fourth-order valence-electron chi connectivity index (χ4n) is 6.24. The minimum absolute atomic E-state index is 0.234. The molecule has 33 heavy (non-hydrogen) atoms. The Morgan fingerprint density at radius 2 is 1.64 bits per heavy atom. The van der Waals surface area contributed by atoms with Gasteiger partial charge in [0.2, 0.25) is 0 Å². The number of carboxylic acids is 1. The molecule has 3 aromatic rings. The highest BCUT2D eigenvalue weighted by molar-refractivity contribution is 6.30. The summed E-state index contributed by atoms with van der Waals surface area (Å²) in [5.74, 6) is -1.83. The van der Waals surface area contributed by atoms with E-state index in [0.717, 1.165) is 16.7 Å². The summed E-state index contributed by atoms with van der Waals surface area (Å²) in [6, 6.07) is 27.1. The van der Waals surface area contributed by atoms with E-state index in [4.69, 9.17) is 11.6 Å². The fourth-order valence-corrected chi connectivity index (χ4v) is 6.36. The highest BCUT2D eigenvalue weighted by Gasteiger charge is 2.63. The van der Waals surface area contributed by atoms with Crippen LogP contribution in [0.2, 0.25) is 5.02 Å². The standard InChI is InChI=1S/C28H28ClNO3/c29-23-13-11-22(12-14-23)28(33)16-15-24(21-9-5-2-6-10-21)27(26(31)32)19-30(18-25(27)28)17-20-7-3-1-4-8-20/h1-14,24-25,33H,15-19H2,(H,31,32)/p-1. The predicted molar refractivity (Wildman–Crippen MR) is 126 cm³/mol. The van der Waals surface area contributed by atoms with Crippen molar-refractivity contribution in [3.05, 3.63) is 107 Å². The second-order valence-corrected chi connectivity index (χ2v) is 9.91. The lowest BCUT2D eigenvalue weighted by Gasteiger charge is -2.53. The zero-order chi connectivity index (χ0) is 23.1. The lowest BCUT2D eigenvalue weighted by molar-refractivity contribution is -0.327. The number of halogens is 1. The smallest absolute Gasteiger partial charge is 0.0946 e. The Labute approximate surface area is 199 Å². The zero-order valence-electron chi connectivity index (χ0n) is 18.4. The molecule has 3 aromatic carbocycles. The van der Waals surface area contributed by atoms with E-state index in [0.29, 0.717) is 37.5 Å². The molecule has 2 aliphatic rings. The van der Waals surface area contributed by atoms with Gasteiger partial charge in [-0.25, -0.2) is 0 Å². The van der Waals surface area contributed by atoms with Gasteiger partial charge >= 0.3 is 0 Å². The maximum absolute atomic E-state index is 13.0. The first kappa shape index (κ1) is 22.1. The molecule has 1 heterocycles. The van der Waals surface area contributed by atoms with Crippen LogP contribution in [0.3, 0.4) is 0 Å². The van der Waals surface area contributed by atoms with Gasteiger partial charge in [-0.15, -0.1) is 0 Å². The molecule has 0 aromatic heterocycles. The Bertz CT molecular complexity index is 1120. The van der Waals surface area contributed by atoms with Gasteiger partial charge in [-0.3, -0.25) is 4.90 Å². The summed E-state index contributed by atoms with van der Waals surface area (Å²) in [4.78, 5) is 15.2. The largest absolute Gasteiger partial charge is 0.549 e. The predicted octanol–water partition coefficient (Wildman–Crippen LogP) is 3.97. The van der Waals surface area contributed by atoms with E-state index in [2.05, 4.69) is 4.90 Å². The van der Waals surface area contributed by atoms with Crippen molar-refractivity contribution in [2.24, 2.45) is 11.3 Å².